The molecule has 0 saturated carbocycles. The smallest absolute Gasteiger partial charge is 0.345 e. The minimum Gasteiger partial charge on any atom is -0.477 e. The van der Waals surface area contributed by atoms with Gasteiger partial charge in [0.15, 0.2) is 0 Å². The van der Waals surface area contributed by atoms with Crippen molar-refractivity contribution in [3.63, 3.8) is 0 Å². The van der Waals surface area contributed by atoms with Crippen LogP contribution in [0.25, 0.3) is 0 Å². The Balaban J connectivity index is 1.53. The zero-order valence-corrected chi connectivity index (χ0v) is 14.1. The van der Waals surface area contributed by atoms with Crippen molar-refractivity contribution < 1.29 is 14.7 Å². The number of nitrogens with zero attached hydrogens (tertiary/aromatic N) is 1. The number of benzene rings is 1. The van der Waals surface area contributed by atoms with E-state index >= 15 is 0 Å². The molecule has 0 bridgehead atoms. The van der Waals surface area contributed by atoms with Crippen molar-refractivity contribution in [1.82, 2.24) is 4.90 Å². The van der Waals surface area contributed by atoms with Gasteiger partial charge >= 0.3 is 5.97 Å². The zero-order chi connectivity index (χ0) is 16.7. The van der Waals surface area contributed by atoms with Crippen molar-refractivity contribution in [2.45, 2.75) is 38.1 Å². The van der Waals surface area contributed by atoms with E-state index in [9.17, 15) is 9.59 Å². The van der Waals surface area contributed by atoms with Crippen LogP contribution in [-0.4, -0.2) is 28.4 Å². The first-order valence-electron chi connectivity index (χ1n) is 8.31. The molecule has 1 unspecified atom stereocenters. The van der Waals surface area contributed by atoms with Crippen LogP contribution in [0.15, 0.2) is 29.6 Å². The lowest BCUT2D eigenvalue weighted by Gasteiger charge is -2.38. The van der Waals surface area contributed by atoms with Gasteiger partial charge in [-0.1, -0.05) is 18.2 Å². The lowest BCUT2D eigenvalue weighted by molar-refractivity contribution is -0.131. The Labute approximate surface area is 144 Å². The largest absolute Gasteiger partial charge is 0.477 e. The fourth-order valence-electron chi connectivity index (χ4n) is 4.01. The van der Waals surface area contributed by atoms with Crippen LogP contribution in [0.4, 0.5) is 0 Å². The highest BCUT2D eigenvalue weighted by Gasteiger charge is 2.31. The summed E-state index contributed by atoms with van der Waals surface area (Å²) >= 11 is 1.18. The lowest BCUT2D eigenvalue weighted by Crippen LogP contribution is -2.40. The van der Waals surface area contributed by atoms with Gasteiger partial charge in [-0.3, -0.25) is 4.79 Å². The number of aromatic carboxylic acids is 1. The van der Waals surface area contributed by atoms with Crippen LogP contribution in [0, 0.1) is 0 Å². The Hall–Kier alpha value is -2.14. The second kappa shape index (κ2) is 6.06. The Bertz CT molecular complexity index is 811. The standard InChI is InChI=1S/C19H19NO3S/c21-17(8-12-7-16(19(22)23)24-11-12)20-9-14-5-1-3-13-4-2-6-15(10-20)18(13)14/h1,3,5,7,11,15H,2,4,6,8-10H2,(H,22,23). The highest BCUT2D eigenvalue weighted by Crippen LogP contribution is 2.38. The molecule has 2 heterocycles. The molecule has 1 N–H and O–H groups in total. The van der Waals surface area contributed by atoms with Crippen LogP contribution in [-0.2, 0) is 24.2 Å². The van der Waals surface area contributed by atoms with E-state index in [2.05, 4.69) is 18.2 Å². The molecule has 1 aromatic carbocycles. The highest BCUT2D eigenvalue weighted by molar-refractivity contribution is 7.12. The van der Waals surface area contributed by atoms with Crippen LogP contribution in [0.2, 0.25) is 0 Å². The van der Waals surface area contributed by atoms with Crippen molar-refractivity contribution in [3.05, 3.63) is 56.8 Å². The minimum absolute atomic E-state index is 0.0892. The van der Waals surface area contributed by atoms with Gasteiger partial charge in [0.25, 0.3) is 0 Å². The average Bonchev–Trinajstić information content (AvgIpc) is 3.04. The maximum atomic E-state index is 12.7. The molecule has 0 spiro atoms. The molecule has 124 valence electrons. The fraction of sp³-hybridized carbons (Fsp3) is 0.368. The predicted octanol–water partition coefficient (Wildman–Crippen LogP) is 3.45. The van der Waals surface area contributed by atoms with E-state index < -0.39 is 5.97 Å². The van der Waals surface area contributed by atoms with Crippen molar-refractivity contribution in [3.8, 4) is 0 Å². The van der Waals surface area contributed by atoms with Gasteiger partial charge < -0.3 is 10.0 Å². The molecular weight excluding hydrogens is 322 g/mol. The molecule has 4 rings (SSSR count). The highest BCUT2D eigenvalue weighted by atomic mass is 32.1. The van der Waals surface area contributed by atoms with Crippen molar-refractivity contribution in [2.24, 2.45) is 0 Å². The van der Waals surface area contributed by atoms with E-state index in [1.165, 1.54) is 34.4 Å². The number of thiophene rings is 1. The molecule has 2 aromatic rings. The van der Waals surface area contributed by atoms with Crippen molar-refractivity contribution >= 4 is 23.2 Å². The molecule has 1 aliphatic heterocycles. The van der Waals surface area contributed by atoms with E-state index in [0.29, 0.717) is 17.3 Å². The van der Waals surface area contributed by atoms with Gasteiger partial charge in [0, 0.05) is 19.0 Å². The number of carboxylic acids is 1. The SMILES string of the molecule is O=C(O)c1cc(CC(=O)N2Cc3cccc4c3C(CCC4)C2)cs1. The predicted molar refractivity (Wildman–Crippen MR) is 92.5 cm³/mol. The van der Waals surface area contributed by atoms with Gasteiger partial charge in [0.2, 0.25) is 5.91 Å². The van der Waals surface area contributed by atoms with E-state index in [-0.39, 0.29) is 12.3 Å². The summed E-state index contributed by atoms with van der Waals surface area (Å²) in [6.45, 7) is 1.47. The number of hydrogen-bond donors (Lipinski definition) is 1. The van der Waals surface area contributed by atoms with E-state index in [1.54, 1.807) is 11.4 Å². The molecule has 5 heteroatoms. The van der Waals surface area contributed by atoms with E-state index in [0.717, 1.165) is 24.9 Å². The zero-order valence-electron chi connectivity index (χ0n) is 13.3. The number of carbonyl (C=O) groups excluding carboxylic acids is 1. The average molecular weight is 341 g/mol. The number of carbonyl (C=O) groups is 2. The maximum Gasteiger partial charge on any atom is 0.345 e. The summed E-state index contributed by atoms with van der Waals surface area (Å²) in [5.41, 5.74) is 5.02. The Morgan fingerprint density at radius 2 is 2.12 bits per heavy atom. The topological polar surface area (TPSA) is 57.6 Å². The quantitative estimate of drug-likeness (QED) is 0.930. The number of rotatable bonds is 3. The molecule has 1 aromatic heterocycles. The van der Waals surface area contributed by atoms with Crippen molar-refractivity contribution in [2.75, 3.05) is 6.54 Å². The Morgan fingerprint density at radius 1 is 1.29 bits per heavy atom. The Morgan fingerprint density at radius 3 is 2.92 bits per heavy atom. The number of aryl methyl sites for hydroxylation is 1. The molecular formula is C19H19NO3S. The first-order valence-corrected chi connectivity index (χ1v) is 9.19. The second-order valence-electron chi connectivity index (χ2n) is 6.65. The second-order valence-corrected chi connectivity index (χ2v) is 7.57. The summed E-state index contributed by atoms with van der Waals surface area (Å²) in [4.78, 5) is 25.9. The first kappa shape index (κ1) is 15.4. The molecule has 2 aliphatic rings. The first-order chi connectivity index (χ1) is 11.6. The molecule has 1 aliphatic carbocycles. The third-order valence-corrected chi connectivity index (χ3v) is 6.04. The van der Waals surface area contributed by atoms with Gasteiger partial charge in [0.05, 0.1) is 6.42 Å². The monoisotopic (exact) mass is 341 g/mol. The summed E-state index contributed by atoms with van der Waals surface area (Å²) in [6.07, 6.45) is 3.77. The van der Waals surface area contributed by atoms with Gasteiger partial charge in [-0.2, -0.15) is 0 Å². The number of carboxylic acid groups (broad SMARTS) is 1. The summed E-state index contributed by atoms with van der Waals surface area (Å²) in [5, 5.41) is 10.8. The van der Waals surface area contributed by atoms with Crippen LogP contribution < -0.4 is 0 Å². The number of hydrogen-bond acceptors (Lipinski definition) is 3. The Kier molecular flexibility index (Phi) is 3.88. The molecule has 1 atom stereocenters. The minimum atomic E-state index is -0.930. The normalized spacial score (nSPS) is 19.0. The van der Waals surface area contributed by atoms with Crippen LogP contribution in [0.1, 0.15) is 50.7 Å². The summed E-state index contributed by atoms with van der Waals surface area (Å²) in [6, 6.07) is 8.08. The molecule has 0 fully saturated rings. The third kappa shape index (κ3) is 2.73. The molecule has 4 nitrogen and oxygen atoms in total. The molecule has 0 radical (unpaired) electrons. The van der Waals surface area contributed by atoms with Crippen LogP contribution >= 0.6 is 11.3 Å². The maximum absolute atomic E-state index is 12.7. The molecule has 1 amide bonds. The summed E-state index contributed by atoms with van der Waals surface area (Å²) < 4.78 is 0. The molecule has 24 heavy (non-hydrogen) atoms. The van der Waals surface area contributed by atoms with Gasteiger partial charge in [0.1, 0.15) is 4.88 Å². The summed E-state index contributed by atoms with van der Waals surface area (Å²) in [5.74, 6) is -0.383. The summed E-state index contributed by atoms with van der Waals surface area (Å²) in [7, 11) is 0. The van der Waals surface area contributed by atoms with E-state index in [1.807, 2.05) is 4.90 Å². The molecule has 0 saturated heterocycles. The van der Waals surface area contributed by atoms with Gasteiger partial charge in [-0.25, -0.2) is 4.79 Å². The van der Waals surface area contributed by atoms with Crippen LogP contribution in [0.3, 0.4) is 0 Å². The third-order valence-electron chi connectivity index (χ3n) is 5.07. The van der Waals surface area contributed by atoms with Gasteiger partial charge in [-0.15, -0.1) is 11.3 Å². The lowest BCUT2D eigenvalue weighted by atomic mass is 9.77. The van der Waals surface area contributed by atoms with E-state index in [4.69, 9.17) is 5.11 Å². The van der Waals surface area contributed by atoms with Crippen LogP contribution in [0.5, 0.6) is 0 Å². The van der Waals surface area contributed by atoms with Gasteiger partial charge in [-0.05, 0) is 53.0 Å². The fourth-order valence-corrected chi connectivity index (χ4v) is 4.76. The number of amides is 1. The van der Waals surface area contributed by atoms with Crippen molar-refractivity contribution in [1.29, 1.82) is 0 Å².